The van der Waals surface area contributed by atoms with Crippen molar-refractivity contribution in [2.75, 3.05) is 4.90 Å². The van der Waals surface area contributed by atoms with Gasteiger partial charge in [-0.3, -0.25) is 0 Å². The third-order valence-electron chi connectivity index (χ3n) is 12.5. The quantitative estimate of drug-likeness (QED) is 0.168. The molecule has 10 aromatic carbocycles. The van der Waals surface area contributed by atoms with E-state index < -0.39 is 5.41 Å². The van der Waals surface area contributed by atoms with Crippen LogP contribution in [0.2, 0.25) is 0 Å². The molecule has 0 N–H and O–H groups in total. The molecule has 2 nitrogen and oxygen atoms in total. The van der Waals surface area contributed by atoms with Crippen molar-refractivity contribution < 1.29 is 4.42 Å². The van der Waals surface area contributed by atoms with Gasteiger partial charge in [0.05, 0.1) is 11.1 Å². The van der Waals surface area contributed by atoms with Crippen molar-refractivity contribution in [1.82, 2.24) is 0 Å². The van der Waals surface area contributed by atoms with E-state index in [2.05, 4.69) is 217 Å². The van der Waals surface area contributed by atoms with Gasteiger partial charge in [0.15, 0.2) is 0 Å². The first-order chi connectivity index (χ1) is 29.3. The number of hydrogen-bond acceptors (Lipinski definition) is 2. The molecule has 0 aliphatic heterocycles. The second kappa shape index (κ2) is 13.2. The van der Waals surface area contributed by atoms with Crippen LogP contribution < -0.4 is 4.90 Å². The van der Waals surface area contributed by atoms with Gasteiger partial charge in [0.1, 0.15) is 11.2 Å². The van der Waals surface area contributed by atoms with Crippen LogP contribution in [0, 0.1) is 0 Å². The molecule has 0 unspecified atom stereocenters. The summed E-state index contributed by atoms with van der Waals surface area (Å²) in [6, 6.07) is 81.9. The normalized spacial score (nSPS) is 12.9. The van der Waals surface area contributed by atoms with Gasteiger partial charge in [-0.05, 0) is 103 Å². The Morgan fingerprint density at radius 3 is 1.73 bits per heavy atom. The van der Waals surface area contributed by atoms with Gasteiger partial charge in [-0.25, -0.2) is 0 Å². The van der Waals surface area contributed by atoms with Crippen molar-refractivity contribution in [1.29, 1.82) is 0 Å². The summed E-state index contributed by atoms with van der Waals surface area (Å²) in [5.41, 5.74) is 14.6. The summed E-state index contributed by atoms with van der Waals surface area (Å²) in [6.45, 7) is 0. The van der Waals surface area contributed by atoms with Gasteiger partial charge in [0.2, 0.25) is 0 Å². The van der Waals surface area contributed by atoms with Gasteiger partial charge in [-0.2, -0.15) is 0 Å². The third kappa shape index (κ3) is 5.00. The lowest BCUT2D eigenvalue weighted by Gasteiger charge is -2.34. The Balaban J connectivity index is 1.09. The fourth-order valence-electron chi connectivity index (χ4n) is 10.0. The summed E-state index contributed by atoms with van der Waals surface area (Å²) < 4.78 is 6.42. The van der Waals surface area contributed by atoms with Gasteiger partial charge in [0, 0.05) is 33.6 Å². The van der Waals surface area contributed by atoms with E-state index in [1.165, 1.54) is 66.1 Å². The molecule has 0 radical (unpaired) electrons. The van der Waals surface area contributed by atoms with Crippen LogP contribution in [-0.2, 0) is 5.41 Å². The van der Waals surface area contributed by atoms with E-state index in [9.17, 15) is 0 Å². The maximum atomic E-state index is 6.42. The van der Waals surface area contributed by atoms with Gasteiger partial charge in [-0.15, -0.1) is 0 Å². The standard InChI is InChI=1S/C57H37NO/c1-4-17-40(18-5-1)57(41-19-6-2-7-20-41)51-34-29-38-16-10-11-23-45(38)56(51)50-31-28-39(36-52(50)57)44-33-35-53(47-25-13-12-24-46(44)47)58(42-21-8-3-9-22-42)43-30-32-49-48-26-14-15-27-54(48)59-55(49)37-43/h1-37H. The zero-order valence-corrected chi connectivity index (χ0v) is 32.2. The molecule has 2 heteroatoms. The van der Waals surface area contributed by atoms with Gasteiger partial charge < -0.3 is 9.32 Å². The molecule has 11 aromatic rings. The Kier molecular flexibility index (Phi) is 7.48. The molecule has 0 saturated carbocycles. The summed E-state index contributed by atoms with van der Waals surface area (Å²) in [5.74, 6) is 0. The summed E-state index contributed by atoms with van der Waals surface area (Å²) in [6.07, 6.45) is 0. The Hall–Kier alpha value is -7.68. The van der Waals surface area contributed by atoms with Gasteiger partial charge in [0.25, 0.3) is 0 Å². The minimum atomic E-state index is -0.512. The van der Waals surface area contributed by atoms with E-state index in [0.717, 1.165) is 39.0 Å². The zero-order valence-electron chi connectivity index (χ0n) is 32.2. The summed E-state index contributed by atoms with van der Waals surface area (Å²) in [7, 11) is 0. The first kappa shape index (κ1) is 33.5. The largest absolute Gasteiger partial charge is 0.456 e. The minimum absolute atomic E-state index is 0.512. The van der Waals surface area contributed by atoms with Gasteiger partial charge >= 0.3 is 0 Å². The molecule has 0 spiro atoms. The number of fused-ring (bicyclic) bond motifs is 9. The number of nitrogens with zero attached hydrogens (tertiary/aromatic N) is 1. The molecular weight excluding hydrogens is 715 g/mol. The van der Waals surface area contributed by atoms with E-state index in [1.54, 1.807) is 0 Å². The second-order valence-corrected chi connectivity index (χ2v) is 15.6. The maximum Gasteiger partial charge on any atom is 0.137 e. The summed E-state index contributed by atoms with van der Waals surface area (Å²) in [4.78, 5) is 2.36. The highest BCUT2D eigenvalue weighted by Gasteiger charge is 2.46. The molecule has 0 fully saturated rings. The topological polar surface area (TPSA) is 16.4 Å². The summed E-state index contributed by atoms with van der Waals surface area (Å²) >= 11 is 0. The SMILES string of the molecule is c1ccc(N(c2ccc3c(c2)oc2ccccc23)c2ccc(-c3ccc4c(c3)C(c3ccccc3)(c3ccccc3)c3ccc5ccccc5c3-4)c3ccccc23)cc1. The monoisotopic (exact) mass is 751 g/mol. The van der Waals surface area contributed by atoms with Crippen molar-refractivity contribution in [3.63, 3.8) is 0 Å². The fourth-order valence-corrected chi connectivity index (χ4v) is 10.0. The van der Waals surface area contributed by atoms with Crippen molar-refractivity contribution in [2.24, 2.45) is 0 Å². The Morgan fingerprint density at radius 1 is 0.356 bits per heavy atom. The number of anilines is 3. The number of furan rings is 1. The molecule has 0 amide bonds. The number of para-hydroxylation sites is 2. The molecule has 59 heavy (non-hydrogen) atoms. The van der Waals surface area contributed by atoms with E-state index in [-0.39, 0.29) is 0 Å². The van der Waals surface area contributed by atoms with Crippen LogP contribution in [0.3, 0.4) is 0 Å². The van der Waals surface area contributed by atoms with Crippen molar-refractivity contribution in [2.45, 2.75) is 5.41 Å². The summed E-state index contributed by atoms with van der Waals surface area (Å²) in [5, 5.41) is 7.15. The molecule has 1 heterocycles. The molecule has 1 aromatic heterocycles. The van der Waals surface area contributed by atoms with Gasteiger partial charge in [-0.1, -0.05) is 176 Å². The van der Waals surface area contributed by atoms with E-state index in [1.807, 2.05) is 12.1 Å². The fraction of sp³-hybridized carbons (Fsp3) is 0.0175. The number of benzene rings is 10. The van der Waals surface area contributed by atoms with E-state index >= 15 is 0 Å². The van der Waals surface area contributed by atoms with Crippen LogP contribution in [0.25, 0.3) is 65.7 Å². The first-order valence-corrected chi connectivity index (χ1v) is 20.3. The average Bonchev–Trinajstić information content (AvgIpc) is 3.83. The molecule has 1 aliphatic carbocycles. The van der Waals surface area contributed by atoms with Crippen LogP contribution in [0.5, 0.6) is 0 Å². The van der Waals surface area contributed by atoms with Crippen LogP contribution in [0.15, 0.2) is 229 Å². The zero-order chi connectivity index (χ0) is 38.9. The van der Waals surface area contributed by atoms with Crippen molar-refractivity contribution in [3.05, 3.63) is 247 Å². The molecular formula is C57H37NO. The highest BCUT2D eigenvalue weighted by Crippen LogP contribution is 2.58. The van der Waals surface area contributed by atoms with Crippen LogP contribution in [0.1, 0.15) is 22.3 Å². The Labute approximate surface area is 342 Å². The lowest BCUT2D eigenvalue weighted by Crippen LogP contribution is -2.28. The molecule has 276 valence electrons. The minimum Gasteiger partial charge on any atom is -0.456 e. The third-order valence-corrected chi connectivity index (χ3v) is 12.5. The predicted octanol–water partition coefficient (Wildman–Crippen LogP) is 15.4. The van der Waals surface area contributed by atoms with Crippen molar-refractivity contribution in [3.8, 4) is 22.3 Å². The van der Waals surface area contributed by atoms with Crippen LogP contribution >= 0.6 is 0 Å². The number of rotatable bonds is 6. The van der Waals surface area contributed by atoms with Crippen LogP contribution in [0.4, 0.5) is 17.1 Å². The first-order valence-electron chi connectivity index (χ1n) is 20.3. The smallest absolute Gasteiger partial charge is 0.137 e. The van der Waals surface area contributed by atoms with E-state index in [0.29, 0.717) is 0 Å². The maximum absolute atomic E-state index is 6.42. The number of hydrogen-bond donors (Lipinski definition) is 0. The second-order valence-electron chi connectivity index (χ2n) is 15.6. The highest BCUT2D eigenvalue weighted by molar-refractivity contribution is 6.10. The Morgan fingerprint density at radius 2 is 0.966 bits per heavy atom. The molecule has 0 saturated heterocycles. The lowest BCUT2D eigenvalue weighted by atomic mass is 9.67. The Bertz CT molecular complexity index is 3340. The molecule has 0 bridgehead atoms. The lowest BCUT2D eigenvalue weighted by molar-refractivity contribution is 0.669. The van der Waals surface area contributed by atoms with Crippen molar-refractivity contribution >= 4 is 60.5 Å². The molecule has 0 atom stereocenters. The highest BCUT2D eigenvalue weighted by atomic mass is 16.3. The van der Waals surface area contributed by atoms with Crippen LogP contribution in [-0.4, -0.2) is 0 Å². The predicted molar refractivity (Wildman–Crippen MR) is 246 cm³/mol. The molecule has 1 aliphatic rings. The average molecular weight is 752 g/mol. The van der Waals surface area contributed by atoms with E-state index in [4.69, 9.17) is 4.42 Å². The molecule has 12 rings (SSSR count).